The number of aldehydes is 1. The SMILES string of the molecule is O=C[C@H](O)[C@@H](O)[C@H](O)[C@H](O)CO.[Pd]. The van der Waals surface area contributed by atoms with Crippen molar-refractivity contribution in [2.45, 2.75) is 24.4 Å². The summed E-state index contributed by atoms with van der Waals surface area (Å²) < 4.78 is 0. The molecule has 0 rings (SSSR count). The van der Waals surface area contributed by atoms with E-state index in [4.69, 9.17) is 25.5 Å². The molecule has 0 aliphatic rings. The Labute approximate surface area is 88.5 Å². The zero-order valence-corrected chi connectivity index (χ0v) is 8.11. The van der Waals surface area contributed by atoms with Gasteiger partial charge in [0, 0.05) is 20.4 Å². The summed E-state index contributed by atoms with van der Waals surface area (Å²) in [5.74, 6) is 0. The van der Waals surface area contributed by atoms with Crippen molar-refractivity contribution in [2.75, 3.05) is 6.61 Å². The summed E-state index contributed by atoms with van der Waals surface area (Å²) >= 11 is 0. The summed E-state index contributed by atoms with van der Waals surface area (Å²) in [5, 5.41) is 43.5. The summed E-state index contributed by atoms with van der Waals surface area (Å²) in [4.78, 5) is 9.90. The molecule has 0 unspecified atom stereocenters. The monoisotopic (exact) mass is 286 g/mol. The second-order valence-corrected chi connectivity index (χ2v) is 2.36. The Morgan fingerprint density at radius 3 is 1.85 bits per heavy atom. The Morgan fingerprint density at radius 1 is 1.08 bits per heavy atom. The van der Waals surface area contributed by atoms with Crippen LogP contribution in [0.1, 0.15) is 0 Å². The Hall–Kier alpha value is 0.132. The molecule has 0 radical (unpaired) electrons. The number of rotatable bonds is 5. The third-order valence-corrected chi connectivity index (χ3v) is 1.42. The molecule has 0 amide bonds. The predicted octanol–water partition coefficient (Wildman–Crippen LogP) is -3.38. The molecule has 0 aliphatic carbocycles. The first-order valence-electron chi connectivity index (χ1n) is 3.33. The van der Waals surface area contributed by atoms with Gasteiger partial charge in [-0.25, -0.2) is 0 Å². The first kappa shape index (κ1) is 15.6. The molecule has 13 heavy (non-hydrogen) atoms. The molecule has 4 atom stereocenters. The number of hydrogen-bond donors (Lipinski definition) is 5. The van der Waals surface area contributed by atoms with Crippen LogP contribution < -0.4 is 0 Å². The average Bonchev–Trinajstić information content (AvgIpc) is 2.12. The normalized spacial score (nSPS) is 19.5. The van der Waals surface area contributed by atoms with Crippen LogP contribution in [0, 0.1) is 0 Å². The maximum Gasteiger partial charge on any atom is 0.151 e. The molecule has 0 aromatic heterocycles. The van der Waals surface area contributed by atoms with Crippen molar-refractivity contribution >= 4 is 6.29 Å². The second kappa shape index (κ2) is 7.53. The molecule has 0 heterocycles. The van der Waals surface area contributed by atoms with Crippen LogP contribution in [0.4, 0.5) is 0 Å². The average molecular weight is 287 g/mol. The Morgan fingerprint density at radius 2 is 1.54 bits per heavy atom. The summed E-state index contributed by atoms with van der Waals surface area (Å²) in [5.41, 5.74) is 0. The summed E-state index contributed by atoms with van der Waals surface area (Å²) in [6.07, 6.45) is -6.84. The second-order valence-electron chi connectivity index (χ2n) is 2.36. The standard InChI is InChI=1S/C6H12O6.Pd/c7-1-3(9)5(11)6(12)4(10)2-8;/h1,3-6,8-12H,2H2;/t3-,4+,5+,6+;/m0./s1. The van der Waals surface area contributed by atoms with E-state index in [0.29, 0.717) is 0 Å². The molecule has 0 spiro atoms. The van der Waals surface area contributed by atoms with Gasteiger partial charge in [-0.2, -0.15) is 0 Å². The van der Waals surface area contributed by atoms with Crippen molar-refractivity contribution in [2.24, 2.45) is 0 Å². The van der Waals surface area contributed by atoms with Crippen molar-refractivity contribution in [3.05, 3.63) is 0 Å². The molecule has 0 aromatic rings. The summed E-state index contributed by atoms with van der Waals surface area (Å²) in [7, 11) is 0. The first-order valence-corrected chi connectivity index (χ1v) is 3.33. The van der Waals surface area contributed by atoms with Crippen LogP contribution in [0.3, 0.4) is 0 Å². The summed E-state index contributed by atoms with van der Waals surface area (Å²) in [6, 6.07) is 0. The molecular weight excluding hydrogens is 274 g/mol. The van der Waals surface area contributed by atoms with Gasteiger partial charge in [0.15, 0.2) is 6.29 Å². The van der Waals surface area contributed by atoms with Crippen LogP contribution >= 0.6 is 0 Å². The fourth-order valence-corrected chi connectivity index (χ4v) is 0.618. The van der Waals surface area contributed by atoms with Gasteiger partial charge in [0.2, 0.25) is 0 Å². The molecule has 5 N–H and O–H groups in total. The van der Waals surface area contributed by atoms with Crippen LogP contribution in [-0.4, -0.2) is 62.8 Å². The van der Waals surface area contributed by atoms with Gasteiger partial charge >= 0.3 is 0 Å². The van der Waals surface area contributed by atoms with Gasteiger partial charge in [0.25, 0.3) is 0 Å². The molecule has 0 fully saturated rings. The van der Waals surface area contributed by atoms with Crippen LogP contribution in [-0.2, 0) is 25.2 Å². The minimum atomic E-state index is -1.79. The Balaban J connectivity index is 0. The van der Waals surface area contributed by atoms with E-state index in [9.17, 15) is 4.79 Å². The quantitative estimate of drug-likeness (QED) is 0.266. The maximum atomic E-state index is 9.90. The number of carbonyl (C=O) groups is 1. The van der Waals surface area contributed by atoms with Crippen molar-refractivity contribution in [1.82, 2.24) is 0 Å². The van der Waals surface area contributed by atoms with E-state index in [2.05, 4.69) is 0 Å². The topological polar surface area (TPSA) is 118 Å². The third kappa shape index (κ3) is 4.79. The van der Waals surface area contributed by atoms with E-state index in [1.807, 2.05) is 0 Å². The predicted molar refractivity (Wildman–Crippen MR) is 37.2 cm³/mol. The van der Waals surface area contributed by atoms with E-state index >= 15 is 0 Å². The zero-order chi connectivity index (χ0) is 9.72. The maximum absolute atomic E-state index is 9.90. The Kier molecular flexibility index (Phi) is 9.03. The van der Waals surface area contributed by atoms with Gasteiger partial charge in [0.05, 0.1) is 6.61 Å². The molecule has 0 bridgehead atoms. The molecule has 0 aliphatic heterocycles. The van der Waals surface area contributed by atoms with Crippen LogP contribution in [0.25, 0.3) is 0 Å². The van der Waals surface area contributed by atoms with Crippen molar-refractivity contribution in [3.8, 4) is 0 Å². The number of carbonyl (C=O) groups excluding carboxylic acids is 1. The van der Waals surface area contributed by atoms with E-state index in [-0.39, 0.29) is 26.7 Å². The fourth-order valence-electron chi connectivity index (χ4n) is 0.618. The largest absolute Gasteiger partial charge is 0.394 e. The van der Waals surface area contributed by atoms with Crippen LogP contribution in [0.5, 0.6) is 0 Å². The van der Waals surface area contributed by atoms with Crippen molar-refractivity contribution in [1.29, 1.82) is 0 Å². The van der Waals surface area contributed by atoms with Gasteiger partial charge < -0.3 is 30.3 Å². The van der Waals surface area contributed by atoms with Crippen molar-refractivity contribution in [3.63, 3.8) is 0 Å². The minimum absolute atomic E-state index is 0. The van der Waals surface area contributed by atoms with Crippen LogP contribution in [0.15, 0.2) is 0 Å². The molecule has 7 heteroatoms. The molecular formula is C6H12O6Pd. The van der Waals surface area contributed by atoms with E-state index in [1.165, 1.54) is 0 Å². The molecule has 0 saturated heterocycles. The summed E-state index contributed by atoms with van der Waals surface area (Å²) in [6.45, 7) is -0.760. The van der Waals surface area contributed by atoms with Gasteiger partial charge in [-0.15, -0.1) is 0 Å². The van der Waals surface area contributed by atoms with E-state index < -0.39 is 31.0 Å². The van der Waals surface area contributed by atoms with Crippen molar-refractivity contribution < 1.29 is 50.7 Å². The number of aliphatic hydroxyl groups excluding tert-OH is 5. The molecule has 82 valence electrons. The fraction of sp³-hybridized carbons (Fsp3) is 0.833. The Bertz CT molecular complexity index is 143. The molecule has 0 saturated carbocycles. The third-order valence-electron chi connectivity index (χ3n) is 1.42. The van der Waals surface area contributed by atoms with Gasteiger partial charge in [-0.05, 0) is 0 Å². The first-order chi connectivity index (χ1) is 5.54. The van der Waals surface area contributed by atoms with Gasteiger partial charge in [-0.3, -0.25) is 0 Å². The smallest absolute Gasteiger partial charge is 0.151 e. The van der Waals surface area contributed by atoms with E-state index in [1.54, 1.807) is 0 Å². The minimum Gasteiger partial charge on any atom is -0.394 e. The number of hydrogen-bond acceptors (Lipinski definition) is 6. The van der Waals surface area contributed by atoms with Crippen LogP contribution in [0.2, 0.25) is 0 Å². The molecule has 0 aromatic carbocycles. The zero-order valence-electron chi connectivity index (χ0n) is 6.55. The van der Waals surface area contributed by atoms with Gasteiger partial charge in [-0.1, -0.05) is 0 Å². The molecule has 6 nitrogen and oxygen atoms in total. The van der Waals surface area contributed by atoms with Gasteiger partial charge in [0.1, 0.15) is 24.4 Å². The number of aliphatic hydroxyl groups is 5. The van der Waals surface area contributed by atoms with E-state index in [0.717, 1.165) is 0 Å².